The van der Waals surface area contributed by atoms with E-state index in [4.69, 9.17) is 0 Å². The van der Waals surface area contributed by atoms with Crippen molar-refractivity contribution >= 4 is 17.4 Å². The minimum Gasteiger partial charge on any atom is -0.366 e. The maximum Gasteiger partial charge on any atom is 0.278 e. The normalized spacial score (nSPS) is 27.4. The second kappa shape index (κ2) is 8.73. The van der Waals surface area contributed by atoms with Crippen molar-refractivity contribution in [3.05, 3.63) is 41.6 Å². The van der Waals surface area contributed by atoms with Gasteiger partial charge in [0.05, 0.1) is 5.57 Å². The van der Waals surface area contributed by atoms with Crippen LogP contribution in [0.2, 0.25) is 0 Å². The third kappa shape index (κ3) is 4.12. The molecule has 0 spiro atoms. The van der Waals surface area contributed by atoms with Gasteiger partial charge < -0.3 is 4.90 Å². The van der Waals surface area contributed by atoms with E-state index in [-0.39, 0.29) is 17.9 Å². The van der Waals surface area contributed by atoms with Gasteiger partial charge in [-0.1, -0.05) is 76.3 Å². The number of hydrogen-bond donors (Lipinski definition) is 0. The van der Waals surface area contributed by atoms with Gasteiger partial charge in [-0.15, -0.1) is 0 Å². The number of imide groups is 1. The Kier molecular flexibility index (Phi) is 6.07. The maximum absolute atomic E-state index is 13.7. The number of hydrogen-bond acceptors (Lipinski definition) is 3. The Morgan fingerprint density at radius 3 is 2.00 bits per heavy atom. The first kappa shape index (κ1) is 20.2. The first-order valence-corrected chi connectivity index (χ1v) is 11.5. The van der Waals surface area contributed by atoms with Gasteiger partial charge in [-0.05, 0) is 36.7 Å². The predicted molar refractivity (Wildman–Crippen MR) is 116 cm³/mol. The van der Waals surface area contributed by atoms with Crippen molar-refractivity contribution in [1.82, 2.24) is 9.80 Å². The fourth-order valence-corrected chi connectivity index (χ4v) is 5.56. The molecule has 1 aromatic rings. The number of amides is 2. The zero-order valence-corrected chi connectivity index (χ0v) is 17.9. The van der Waals surface area contributed by atoms with E-state index < -0.39 is 0 Å². The van der Waals surface area contributed by atoms with E-state index in [9.17, 15) is 9.59 Å². The predicted octanol–water partition coefficient (Wildman–Crippen LogP) is 4.86. The van der Waals surface area contributed by atoms with E-state index in [1.54, 1.807) is 4.90 Å². The lowest BCUT2D eigenvalue weighted by Crippen LogP contribution is -2.45. The molecule has 156 valence electrons. The minimum atomic E-state index is -0.0762. The monoisotopic (exact) mass is 394 g/mol. The standard InChI is InChI=1S/C25H34N2O2/c1-18-15-19(2)17-26(16-18)23-22(20-11-7-6-8-12-20)24(28)27(25(23)29)21-13-9-4-3-5-10-14-21/h6-8,11-12,18-19,21H,3-5,9-10,13-17H2,1-2H3. The first-order valence-electron chi connectivity index (χ1n) is 11.5. The molecule has 0 N–H and O–H groups in total. The van der Waals surface area contributed by atoms with Crippen LogP contribution in [0.4, 0.5) is 0 Å². The van der Waals surface area contributed by atoms with Crippen LogP contribution in [0.1, 0.15) is 70.8 Å². The molecular formula is C25H34N2O2. The molecule has 0 radical (unpaired) electrons. The Bertz CT molecular complexity index is 767. The van der Waals surface area contributed by atoms with Crippen LogP contribution in [0, 0.1) is 11.8 Å². The summed E-state index contributed by atoms with van der Waals surface area (Å²) in [7, 11) is 0. The molecule has 2 fully saturated rings. The highest BCUT2D eigenvalue weighted by Crippen LogP contribution is 2.37. The second-order valence-corrected chi connectivity index (χ2v) is 9.42. The van der Waals surface area contributed by atoms with E-state index in [0.29, 0.717) is 23.1 Å². The number of carbonyl (C=O) groups is 2. The van der Waals surface area contributed by atoms with Crippen LogP contribution >= 0.6 is 0 Å². The third-order valence-corrected chi connectivity index (χ3v) is 6.78. The van der Waals surface area contributed by atoms with Crippen molar-refractivity contribution in [1.29, 1.82) is 0 Å². The van der Waals surface area contributed by atoms with Gasteiger partial charge in [0, 0.05) is 19.1 Å². The Hall–Kier alpha value is -2.10. The third-order valence-electron chi connectivity index (χ3n) is 6.78. The smallest absolute Gasteiger partial charge is 0.278 e. The van der Waals surface area contributed by atoms with Crippen LogP contribution in [-0.2, 0) is 9.59 Å². The van der Waals surface area contributed by atoms with Crippen molar-refractivity contribution in [2.24, 2.45) is 11.8 Å². The van der Waals surface area contributed by atoms with Crippen molar-refractivity contribution in [3.8, 4) is 0 Å². The van der Waals surface area contributed by atoms with Crippen LogP contribution in [0.25, 0.3) is 5.57 Å². The highest BCUT2D eigenvalue weighted by molar-refractivity contribution is 6.35. The van der Waals surface area contributed by atoms with Gasteiger partial charge in [-0.3, -0.25) is 14.5 Å². The zero-order valence-electron chi connectivity index (χ0n) is 17.9. The minimum absolute atomic E-state index is 0.0474. The lowest BCUT2D eigenvalue weighted by atomic mass is 9.91. The summed E-state index contributed by atoms with van der Waals surface area (Å²) >= 11 is 0. The molecule has 1 saturated heterocycles. The highest BCUT2D eigenvalue weighted by atomic mass is 16.2. The molecular weight excluding hydrogens is 360 g/mol. The quantitative estimate of drug-likeness (QED) is 0.688. The van der Waals surface area contributed by atoms with Crippen LogP contribution in [0.15, 0.2) is 36.0 Å². The van der Waals surface area contributed by atoms with Gasteiger partial charge in [0.25, 0.3) is 11.8 Å². The van der Waals surface area contributed by atoms with Gasteiger partial charge in [-0.25, -0.2) is 0 Å². The average Bonchev–Trinajstić information content (AvgIpc) is 2.92. The van der Waals surface area contributed by atoms with Gasteiger partial charge in [-0.2, -0.15) is 0 Å². The molecule has 4 heteroatoms. The van der Waals surface area contributed by atoms with Crippen molar-refractivity contribution in [3.63, 3.8) is 0 Å². The highest BCUT2D eigenvalue weighted by Gasteiger charge is 2.45. The fourth-order valence-electron chi connectivity index (χ4n) is 5.56. The summed E-state index contributed by atoms with van der Waals surface area (Å²) in [5, 5.41) is 0. The summed E-state index contributed by atoms with van der Waals surface area (Å²) in [6, 6.07) is 9.86. The van der Waals surface area contributed by atoms with Gasteiger partial charge in [0.2, 0.25) is 0 Å². The Balaban J connectivity index is 1.72. The topological polar surface area (TPSA) is 40.6 Å². The van der Waals surface area contributed by atoms with Crippen LogP contribution in [0.5, 0.6) is 0 Å². The van der Waals surface area contributed by atoms with E-state index in [2.05, 4.69) is 18.7 Å². The average molecular weight is 395 g/mol. The molecule has 29 heavy (non-hydrogen) atoms. The van der Waals surface area contributed by atoms with Gasteiger partial charge >= 0.3 is 0 Å². The van der Waals surface area contributed by atoms with E-state index in [1.807, 2.05) is 30.3 Å². The molecule has 0 bridgehead atoms. The van der Waals surface area contributed by atoms with Crippen LogP contribution < -0.4 is 0 Å². The molecule has 1 saturated carbocycles. The number of carbonyl (C=O) groups excluding carboxylic acids is 2. The molecule has 1 aromatic carbocycles. The molecule has 0 aromatic heterocycles. The molecule has 2 amide bonds. The Labute approximate surface area is 175 Å². The summed E-state index contributed by atoms with van der Waals surface area (Å²) in [6.45, 7) is 6.21. The van der Waals surface area contributed by atoms with Gasteiger partial charge in [0.1, 0.15) is 5.70 Å². The van der Waals surface area contributed by atoms with Crippen molar-refractivity contribution < 1.29 is 9.59 Å². The first-order chi connectivity index (χ1) is 14.1. The molecule has 2 heterocycles. The fraction of sp³-hybridized carbons (Fsp3) is 0.600. The van der Waals surface area contributed by atoms with Crippen molar-refractivity contribution in [2.75, 3.05) is 13.1 Å². The maximum atomic E-state index is 13.7. The van der Waals surface area contributed by atoms with Crippen molar-refractivity contribution in [2.45, 2.75) is 71.3 Å². The zero-order chi connectivity index (χ0) is 20.4. The number of piperidine rings is 1. The summed E-state index contributed by atoms with van der Waals surface area (Å²) in [6.07, 6.45) is 8.97. The number of rotatable bonds is 3. The molecule has 2 aliphatic heterocycles. The molecule has 3 aliphatic rings. The molecule has 1 aliphatic carbocycles. The summed E-state index contributed by atoms with van der Waals surface area (Å²) in [5.41, 5.74) is 2.15. The van der Waals surface area contributed by atoms with E-state index in [1.165, 1.54) is 25.7 Å². The number of nitrogens with zero attached hydrogens (tertiary/aromatic N) is 2. The lowest BCUT2D eigenvalue weighted by Gasteiger charge is -2.37. The van der Waals surface area contributed by atoms with Gasteiger partial charge in [0.15, 0.2) is 0 Å². The van der Waals surface area contributed by atoms with Crippen LogP contribution in [-0.4, -0.2) is 40.7 Å². The number of benzene rings is 1. The Morgan fingerprint density at radius 1 is 0.793 bits per heavy atom. The SMILES string of the molecule is CC1CC(C)CN(C2=C(c3ccccc3)C(=O)N(C3CCCCCCC3)C2=O)C1. The summed E-state index contributed by atoms with van der Waals surface area (Å²) in [4.78, 5) is 31.2. The van der Waals surface area contributed by atoms with E-state index >= 15 is 0 Å². The second-order valence-electron chi connectivity index (χ2n) is 9.42. The lowest BCUT2D eigenvalue weighted by molar-refractivity contribution is -0.140. The molecule has 2 unspecified atom stereocenters. The molecule has 2 atom stereocenters. The summed E-state index contributed by atoms with van der Waals surface area (Å²) in [5.74, 6) is 0.927. The largest absolute Gasteiger partial charge is 0.366 e. The van der Waals surface area contributed by atoms with Crippen LogP contribution in [0.3, 0.4) is 0 Å². The molecule has 4 nitrogen and oxygen atoms in total. The summed E-state index contributed by atoms with van der Waals surface area (Å²) < 4.78 is 0. The van der Waals surface area contributed by atoms with E-state index in [0.717, 1.165) is 44.3 Å². The molecule has 4 rings (SSSR count). The number of likely N-dealkylation sites (tertiary alicyclic amines) is 1. The Morgan fingerprint density at radius 2 is 1.38 bits per heavy atom.